The van der Waals surface area contributed by atoms with E-state index >= 15 is 0 Å². The second-order valence-electron chi connectivity index (χ2n) is 3.40. The molecule has 0 aliphatic carbocycles. The number of rotatable bonds is 3. The van der Waals surface area contributed by atoms with Gasteiger partial charge < -0.3 is 9.84 Å². The Morgan fingerprint density at radius 2 is 2.24 bits per heavy atom. The van der Waals surface area contributed by atoms with Crippen LogP contribution >= 0.6 is 0 Å². The topological polar surface area (TPSA) is 71.5 Å². The number of carbonyl (C=O) groups excluding carboxylic acids is 1. The Balaban J connectivity index is 2.11. The van der Waals surface area contributed by atoms with Gasteiger partial charge in [0.2, 0.25) is 0 Å². The van der Waals surface area contributed by atoms with Gasteiger partial charge in [-0.1, -0.05) is 18.2 Å². The molecule has 0 aliphatic rings. The Bertz CT molecular complexity index is 528. The zero-order valence-corrected chi connectivity index (χ0v) is 9.09. The van der Waals surface area contributed by atoms with Crippen molar-refractivity contribution in [3.8, 4) is 0 Å². The molecule has 0 bridgehead atoms. The maximum atomic E-state index is 11.2. The molecule has 2 aromatic rings. The molecule has 1 aromatic carbocycles. The van der Waals surface area contributed by atoms with Crippen molar-refractivity contribution >= 4 is 22.7 Å². The van der Waals surface area contributed by atoms with Crippen molar-refractivity contribution in [1.82, 2.24) is 4.98 Å². The first-order valence-electron chi connectivity index (χ1n) is 5.19. The van der Waals surface area contributed by atoms with Crippen LogP contribution in [-0.4, -0.2) is 29.4 Å². The first kappa shape index (κ1) is 11.3. The van der Waals surface area contributed by atoms with Crippen LogP contribution in [0.1, 0.15) is 0 Å². The number of carbonyl (C=O) groups is 1. The summed E-state index contributed by atoms with van der Waals surface area (Å²) in [7, 11) is 0. The lowest BCUT2D eigenvalue weighted by Crippen LogP contribution is -2.15. The molecule has 2 N–H and O–H groups in total. The largest absolute Gasteiger partial charge is 0.447 e. The van der Waals surface area contributed by atoms with Crippen molar-refractivity contribution in [1.29, 1.82) is 0 Å². The minimum Gasteiger partial charge on any atom is -0.447 e. The molecule has 5 heteroatoms. The molecule has 5 nitrogen and oxygen atoms in total. The van der Waals surface area contributed by atoms with Crippen LogP contribution < -0.4 is 5.32 Å². The van der Waals surface area contributed by atoms with Crippen LogP contribution in [0.5, 0.6) is 0 Å². The average Bonchev–Trinajstić information content (AvgIpc) is 2.36. The van der Waals surface area contributed by atoms with Gasteiger partial charge >= 0.3 is 6.09 Å². The Labute approximate surface area is 98.0 Å². The minimum atomic E-state index is -0.601. The molecule has 0 saturated heterocycles. The fraction of sp³-hybridized carbons (Fsp3) is 0.167. The summed E-state index contributed by atoms with van der Waals surface area (Å²) in [6.07, 6.45) is 0.957. The number of nitrogens with one attached hydrogen (secondary N) is 1. The molecule has 1 amide bonds. The van der Waals surface area contributed by atoms with Crippen molar-refractivity contribution in [2.24, 2.45) is 0 Å². The summed E-state index contributed by atoms with van der Waals surface area (Å²) in [4.78, 5) is 15.4. The fourth-order valence-corrected chi connectivity index (χ4v) is 1.43. The number of para-hydroxylation sites is 1. The summed E-state index contributed by atoms with van der Waals surface area (Å²) in [5.74, 6) is 0. The van der Waals surface area contributed by atoms with Crippen LogP contribution in [-0.2, 0) is 4.74 Å². The average molecular weight is 232 g/mol. The van der Waals surface area contributed by atoms with E-state index in [0.29, 0.717) is 5.69 Å². The van der Waals surface area contributed by atoms with Gasteiger partial charge in [-0.15, -0.1) is 0 Å². The van der Waals surface area contributed by atoms with Gasteiger partial charge in [-0.05, 0) is 12.1 Å². The predicted octanol–water partition coefficient (Wildman–Crippen LogP) is 1.78. The highest BCUT2D eigenvalue weighted by molar-refractivity contribution is 5.88. The maximum Gasteiger partial charge on any atom is 0.411 e. The lowest BCUT2D eigenvalue weighted by molar-refractivity contribution is 0.131. The number of fused-ring (bicyclic) bond motifs is 1. The number of aromatic nitrogens is 1. The Hall–Kier alpha value is -2.14. The van der Waals surface area contributed by atoms with E-state index in [9.17, 15) is 4.79 Å². The molecule has 0 radical (unpaired) electrons. The van der Waals surface area contributed by atoms with Gasteiger partial charge in [0.1, 0.15) is 6.61 Å². The lowest BCUT2D eigenvalue weighted by Gasteiger charge is -2.06. The normalized spacial score (nSPS) is 10.2. The number of hydrogen-bond acceptors (Lipinski definition) is 4. The minimum absolute atomic E-state index is 0.0210. The number of aliphatic hydroxyl groups excluding tert-OH is 1. The number of nitrogens with zero attached hydrogens (tertiary/aromatic N) is 1. The van der Waals surface area contributed by atoms with E-state index in [2.05, 4.69) is 15.0 Å². The number of benzene rings is 1. The first-order chi connectivity index (χ1) is 8.29. The number of hydrogen-bond donors (Lipinski definition) is 2. The van der Waals surface area contributed by atoms with E-state index in [1.807, 2.05) is 30.3 Å². The Morgan fingerprint density at radius 1 is 1.41 bits per heavy atom. The molecular weight excluding hydrogens is 220 g/mol. The van der Waals surface area contributed by atoms with Crippen LogP contribution in [0.2, 0.25) is 0 Å². The van der Waals surface area contributed by atoms with E-state index in [1.54, 1.807) is 6.20 Å². The molecule has 0 fully saturated rings. The molecule has 0 saturated carbocycles. The molecule has 1 aromatic heterocycles. The Kier molecular flexibility index (Phi) is 3.52. The van der Waals surface area contributed by atoms with E-state index in [1.165, 1.54) is 0 Å². The van der Waals surface area contributed by atoms with Gasteiger partial charge in [-0.3, -0.25) is 10.3 Å². The second-order valence-corrected chi connectivity index (χ2v) is 3.40. The molecule has 0 aliphatic heterocycles. The molecular formula is C12H12N2O3. The SMILES string of the molecule is O=C(Nc1cnc2ccccc2c1)OCCO. The molecule has 0 unspecified atom stereocenters. The van der Waals surface area contributed by atoms with Gasteiger partial charge in [0, 0.05) is 5.39 Å². The molecule has 0 atom stereocenters. The van der Waals surface area contributed by atoms with Gasteiger partial charge in [-0.2, -0.15) is 0 Å². The van der Waals surface area contributed by atoms with Crippen LogP contribution in [0, 0.1) is 0 Å². The monoisotopic (exact) mass is 232 g/mol. The third-order valence-electron chi connectivity index (χ3n) is 2.16. The van der Waals surface area contributed by atoms with Gasteiger partial charge in [0.25, 0.3) is 0 Å². The van der Waals surface area contributed by atoms with E-state index < -0.39 is 6.09 Å². The predicted molar refractivity (Wildman–Crippen MR) is 63.8 cm³/mol. The zero-order chi connectivity index (χ0) is 12.1. The van der Waals surface area contributed by atoms with Gasteiger partial charge in [0.05, 0.1) is 24.0 Å². The lowest BCUT2D eigenvalue weighted by atomic mass is 10.2. The fourth-order valence-electron chi connectivity index (χ4n) is 1.43. The molecule has 0 spiro atoms. The van der Waals surface area contributed by atoms with E-state index in [0.717, 1.165) is 10.9 Å². The molecule has 1 heterocycles. The van der Waals surface area contributed by atoms with Crippen molar-refractivity contribution in [2.75, 3.05) is 18.5 Å². The number of aliphatic hydroxyl groups is 1. The third kappa shape index (κ3) is 2.92. The maximum absolute atomic E-state index is 11.2. The summed E-state index contributed by atoms with van der Waals surface area (Å²) >= 11 is 0. The number of anilines is 1. The summed E-state index contributed by atoms with van der Waals surface area (Å²) in [6.45, 7) is -0.212. The zero-order valence-electron chi connectivity index (χ0n) is 9.09. The van der Waals surface area contributed by atoms with Crippen LogP contribution in [0.3, 0.4) is 0 Å². The number of ether oxygens (including phenoxy) is 1. The number of pyridine rings is 1. The van der Waals surface area contributed by atoms with Crippen molar-refractivity contribution in [2.45, 2.75) is 0 Å². The highest BCUT2D eigenvalue weighted by Gasteiger charge is 2.03. The van der Waals surface area contributed by atoms with Gasteiger partial charge in [-0.25, -0.2) is 4.79 Å². The first-order valence-corrected chi connectivity index (χ1v) is 5.19. The molecule has 88 valence electrons. The molecule has 2 rings (SSSR count). The summed E-state index contributed by atoms with van der Waals surface area (Å²) in [5.41, 5.74) is 1.42. The van der Waals surface area contributed by atoms with Crippen LogP contribution in [0.25, 0.3) is 10.9 Å². The van der Waals surface area contributed by atoms with Crippen LogP contribution in [0.15, 0.2) is 36.5 Å². The van der Waals surface area contributed by atoms with Gasteiger partial charge in [0.15, 0.2) is 0 Å². The highest BCUT2D eigenvalue weighted by Crippen LogP contribution is 2.15. The summed E-state index contributed by atoms with van der Waals surface area (Å²) in [6, 6.07) is 9.41. The van der Waals surface area contributed by atoms with E-state index in [-0.39, 0.29) is 13.2 Å². The number of amides is 1. The summed E-state index contributed by atoms with van der Waals surface area (Å²) in [5, 5.41) is 12.0. The quantitative estimate of drug-likeness (QED) is 0.846. The van der Waals surface area contributed by atoms with E-state index in [4.69, 9.17) is 5.11 Å². The third-order valence-corrected chi connectivity index (χ3v) is 2.16. The standard InChI is InChI=1S/C12H12N2O3/c15-5-6-17-12(16)14-10-7-9-3-1-2-4-11(9)13-8-10/h1-4,7-8,15H,5-6H2,(H,14,16). The molecule has 17 heavy (non-hydrogen) atoms. The van der Waals surface area contributed by atoms with Crippen molar-refractivity contribution < 1.29 is 14.6 Å². The smallest absolute Gasteiger partial charge is 0.411 e. The van der Waals surface area contributed by atoms with Crippen LogP contribution in [0.4, 0.5) is 10.5 Å². The second kappa shape index (κ2) is 5.27. The summed E-state index contributed by atoms with van der Waals surface area (Å²) < 4.78 is 4.68. The van der Waals surface area contributed by atoms with Crippen molar-refractivity contribution in [3.63, 3.8) is 0 Å². The van der Waals surface area contributed by atoms with Crippen molar-refractivity contribution in [3.05, 3.63) is 36.5 Å². The highest BCUT2D eigenvalue weighted by atomic mass is 16.6. The Morgan fingerprint density at radius 3 is 3.06 bits per heavy atom.